The van der Waals surface area contributed by atoms with Crippen molar-refractivity contribution in [3.8, 4) is 0 Å². The van der Waals surface area contributed by atoms with Crippen LogP contribution in [0.5, 0.6) is 0 Å². The molecular weight excluding hydrogens is 186 g/mol. The van der Waals surface area contributed by atoms with E-state index < -0.39 is 0 Å². The molecule has 0 amide bonds. The van der Waals surface area contributed by atoms with E-state index >= 15 is 0 Å². The van der Waals surface area contributed by atoms with Crippen molar-refractivity contribution in [1.82, 2.24) is 19.9 Å². The van der Waals surface area contributed by atoms with E-state index in [0.717, 1.165) is 10.5 Å². The van der Waals surface area contributed by atoms with Crippen LogP contribution < -0.4 is 5.32 Å². The van der Waals surface area contributed by atoms with Gasteiger partial charge in [0.15, 0.2) is 5.65 Å². The zero-order valence-electron chi connectivity index (χ0n) is 7.33. The average molecular weight is 195 g/mol. The van der Waals surface area contributed by atoms with Gasteiger partial charge in [0.25, 0.3) is 0 Å². The molecule has 2 aromatic heterocycles. The molecule has 13 heavy (non-hydrogen) atoms. The van der Waals surface area contributed by atoms with Crippen LogP contribution in [-0.2, 0) is 0 Å². The van der Waals surface area contributed by atoms with Crippen molar-refractivity contribution in [3.63, 3.8) is 0 Å². The molecule has 0 aromatic carbocycles. The standard InChI is InChI=1S/C7H9N5S/c1-8-7-11-5-4(9-3-10-5)6(12-7)13-2/h3H,1-2H3,(H2,8,9,10,11,12). The van der Waals surface area contributed by atoms with Gasteiger partial charge in [0.05, 0.1) is 6.33 Å². The molecule has 0 atom stereocenters. The molecule has 0 bridgehead atoms. The Morgan fingerprint density at radius 3 is 3.00 bits per heavy atom. The minimum absolute atomic E-state index is 0.601. The first-order chi connectivity index (χ1) is 6.35. The summed E-state index contributed by atoms with van der Waals surface area (Å²) in [5, 5.41) is 3.80. The Kier molecular flexibility index (Phi) is 2.05. The van der Waals surface area contributed by atoms with E-state index in [0.29, 0.717) is 11.6 Å². The maximum absolute atomic E-state index is 4.28. The van der Waals surface area contributed by atoms with Gasteiger partial charge in [0.2, 0.25) is 5.95 Å². The van der Waals surface area contributed by atoms with E-state index in [-0.39, 0.29) is 0 Å². The molecule has 0 radical (unpaired) electrons. The molecule has 0 aliphatic heterocycles. The third kappa shape index (κ3) is 1.33. The summed E-state index contributed by atoms with van der Waals surface area (Å²) in [6.45, 7) is 0. The summed E-state index contributed by atoms with van der Waals surface area (Å²) in [7, 11) is 1.79. The zero-order chi connectivity index (χ0) is 9.26. The van der Waals surface area contributed by atoms with Crippen LogP contribution in [0.4, 0.5) is 5.95 Å². The van der Waals surface area contributed by atoms with E-state index in [9.17, 15) is 0 Å². The van der Waals surface area contributed by atoms with Gasteiger partial charge in [-0.1, -0.05) is 0 Å². The normalized spacial score (nSPS) is 10.6. The summed E-state index contributed by atoms with van der Waals surface area (Å²) < 4.78 is 0. The van der Waals surface area contributed by atoms with Crippen molar-refractivity contribution in [2.24, 2.45) is 0 Å². The van der Waals surface area contributed by atoms with Crippen LogP contribution in [0.25, 0.3) is 11.2 Å². The van der Waals surface area contributed by atoms with E-state index in [1.807, 2.05) is 6.26 Å². The Bertz CT molecular complexity index is 424. The minimum Gasteiger partial charge on any atom is -0.357 e. The number of thioether (sulfide) groups is 1. The molecule has 0 spiro atoms. The van der Waals surface area contributed by atoms with Gasteiger partial charge in [-0.2, -0.15) is 4.98 Å². The molecule has 0 saturated heterocycles. The highest BCUT2D eigenvalue weighted by Gasteiger charge is 2.07. The lowest BCUT2D eigenvalue weighted by molar-refractivity contribution is 1.08. The molecule has 0 aliphatic rings. The first kappa shape index (κ1) is 8.31. The molecule has 0 saturated carbocycles. The highest BCUT2D eigenvalue weighted by molar-refractivity contribution is 7.98. The summed E-state index contributed by atoms with van der Waals surface area (Å²) in [5.41, 5.74) is 1.59. The largest absolute Gasteiger partial charge is 0.357 e. The number of hydrogen-bond acceptors (Lipinski definition) is 5. The monoisotopic (exact) mass is 195 g/mol. The molecule has 2 N–H and O–H groups in total. The van der Waals surface area contributed by atoms with Gasteiger partial charge in [0, 0.05) is 7.05 Å². The van der Waals surface area contributed by atoms with Crippen LogP contribution in [0.3, 0.4) is 0 Å². The second kappa shape index (κ2) is 3.21. The maximum Gasteiger partial charge on any atom is 0.225 e. The quantitative estimate of drug-likeness (QED) is 0.555. The van der Waals surface area contributed by atoms with Crippen LogP contribution in [0.15, 0.2) is 11.4 Å². The van der Waals surface area contributed by atoms with E-state index in [1.54, 1.807) is 25.1 Å². The van der Waals surface area contributed by atoms with Crippen molar-refractivity contribution in [2.45, 2.75) is 5.03 Å². The highest BCUT2D eigenvalue weighted by atomic mass is 32.2. The van der Waals surface area contributed by atoms with Crippen LogP contribution in [0.1, 0.15) is 0 Å². The van der Waals surface area contributed by atoms with Crippen LogP contribution >= 0.6 is 11.8 Å². The lowest BCUT2D eigenvalue weighted by Gasteiger charge is -2.00. The SMILES string of the molecule is CNc1nc(SC)c2[nH]cnc2n1. The zero-order valence-corrected chi connectivity index (χ0v) is 8.14. The van der Waals surface area contributed by atoms with Crippen molar-refractivity contribution in [3.05, 3.63) is 6.33 Å². The van der Waals surface area contributed by atoms with Gasteiger partial charge in [-0.15, -0.1) is 11.8 Å². The van der Waals surface area contributed by atoms with Crippen molar-refractivity contribution < 1.29 is 0 Å². The molecular formula is C7H9N5S. The Morgan fingerprint density at radius 2 is 2.31 bits per heavy atom. The fourth-order valence-electron chi connectivity index (χ4n) is 1.07. The van der Waals surface area contributed by atoms with E-state index in [1.165, 1.54) is 0 Å². The second-order valence-corrected chi connectivity index (χ2v) is 3.20. The van der Waals surface area contributed by atoms with Crippen LogP contribution in [0.2, 0.25) is 0 Å². The summed E-state index contributed by atoms with van der Waals surface area (Å²) in [6, 6.07) is 0. The Labute approximate surface area is 79.4 Å². The number of nitrogens with zero attached hydrogens (tertiary/aromatic N) is 3. The topological polar surface area (TPSA) is 66.5 Å². The summed E-state index contributed by atoms with van der Waals surface area (Å²) in [5.74, 6) is 0.601. The van der Waals surface area contributed by atoms with Crippen molar-refractivity contribution in [1.29, 1.82) is 0 Å². The number of rotatable bonds is 2. The van der Waals surface area contributed by atoms with Crippen molar-refractivity contribution in [2.75, 3.05) is 18.6 Å². The van der Waals surface area contributed by atoms with Gasteiger partial charge < -0.3 is 10.3 Å². The van der Waals surface area contributed by atoms with Gasteiger partial charge in [-0.3, -0.25) is 0 Å². The van der Waals surface area contributed by atoms with Gasteiger partial charge in [-0.25, -0.2) is 9.97 Å². The van der Waals surface area contributed by atoms with Crippen LogP contribution in [0, 0.1) is 0 Å². The third-order valence-corrected chi connectivity index (χ3v) is 2.35. The fourth-order valence-corrected chi connectivity index (χ4v) is 1.60. The molecule has 2 heterocycles. The third-order valence-electron chi connectivity index (χ3n) is 1.67. The number of aromatic nitrogens is 4. The number of aromatic amines is 1. The van der Waals surface area contributed by atoms with Gasteiger partial charge in [-0.05, 0) is 6.26 Å². The molecule has 0 fully saturated rings. The molecule has 6 heteroatoms. The van der Waals surface area contributed by atoms with E-state index in [4.69, 9.17) is 0 Å². The van der Waals surface area contributed by atoms with Crippen molar-refractivity contribution >= 4 is 28.9 Å². The predicted octanol–water partition coefficient (Wildman–Crippen LogP) is 1.12. The Hall–Kier alpha value is -1.30. The predicted molar refractivity (Wildman–Crippen MR) is 53.0 cm³/mol. The summed E-state index contributed by atoms with van der Waals surface area (Å²) in [4.78, 5) is 15.5. The average Bonchev–Trinajstić information content (AvgIpc) is 2.63. The number of H-pyrrole nitrogens is 1. The Morgan fingerprint density at radius 1 is 1.46 bits per heavy atom. The molecule has 5 nitrogen and oxygen atoms in total. The molecule has 68 valence electrons. The van der Waals surface area contributed by atoms with E-state index in [2.05, 4.69) is 25.3 Å². The number of fused-ring (bicyclic) bond motifs is 1. The fraction of sp³-hybridized carbons (Fsp3) is 0.286. The number of imidazole rings is 1. The minimum atomic E-state index is 0.601. The number of anilines is 1. The number of nitrogens with one attached hydrogen (secondary N) is 2. The molecule has 0 unspecified atom stereocenters. The summed E-state index contributed by atoms with van der Waals surface area (Å²) >= 11 is 1.57. The first-order valence-electron chi connectivity index (χ1n) is 3.78. The molecule has 2 rings (SSSR count). The van der Waals surface area contributed by atoms with Gasteiger partial charge in [0.1, 0.15) is 10.5 Å². The maximum atomic E-state index is 4.28. The number of hydrogen-bond donors (Lipinski definition) is 2. The van der Waals surface area contributed by atoms with Gasteiger partial charge >= 0.3 is 0 Å². The summed E-state index contributed by atoms with van der Waals surface area (Å²) in [6.07, 6.45) is 3.60. The lowest BCUT2D eigenvalue weighted by atomic mass is 10.5. The van der Waals surface area contributed by atoms with Crippen LogP contribution in [-0.4, -0.2) is 33.2 Å². The second-order valence-electron chi connectivity index (χ2n) is 2.41. The molecule has 2 aromatic rings. The lowest BCUT2D eigenvalue weighted by Crippen LogP contribution is -1.97. The first-order valence-corrected chi connectivity index (χ1v) is 5.00. The smallest absolute Gasteiger partial charge is 0.225 e. The molecule has 0 aliphatic carbocycles. The highest BCUT2D eigenvalue weighted by Crippen LogP contribution is 2.21. The Balaban J connectivity index is 2.70.